The maximum atomic E-state index is 11.8. The van der Waals surface area contributed by atoms with E-state index in [1.54, 1.807) is 24.3 Å². The van der Waals surface area contributed by atoms with Crippen molar-refractivity contribution >= 4 is 23.6 Å². The summed E-state index contributed by atoms with van der Waals surface area (Å²) in [5, 5.41) is 14.6. The van der Waals surface area contributed by atoms with Crippen LogP contribution in [0.25, 0.3) is 0 Å². The van der Waals surface area contributed by atoms with E-state index in [4.69, 9.17) is 16.3 Å². The Morgan fingerprint density at radius 3 is 2.81 bits per heavy atom. The van der Waals surface area contributed by atoms with Crippen molar-refractivity contribution in [2.75, 3.05) is 19.8 Å². The highest BCUT2D eigenvalue weighted by Gasteiger charge is 2.24. The van der Waals surface area contributed by atoms with E-state index in [1.165, 1.54) is 0 Å². The fourth-order valence-electron chi connectivity index (χ4n) is 2.15. The third kappa shape index (κ3) is 4.34. The molecule has 1 aromatic carbocycles. The predicted octanol–water partition coefficient (Wildman–Crippen LogP) is 1.80. The van der Waals surface area contributed by atoms with Gasteiger partial charge in [-0.2, -0.15) is 0 Å². The Labute approximate surface area is 127 Å². The van der Waals surface area contributed by atoms with Crippen LogP contribution in [0.15, 0.2) is 24.3 Å². The number of nitrogens with one attached hydrogen (secondary N) is 2. The van der Waals surface area contributed by atoms with Crippen LogP contribution < -0.4 is 10.6 Å². The summed E-state index contributed by atoms with van der Waals surface area (Å²) in [5.41, 5.74) is 0.353. The van der Waals surface area contributed by atoms with Crippen LogP contribution in [-0.2, 0) is 9.53 Å². The smallest absolute Gasteiger partial charge is 0.331 e. The third-order valence-electron chi connectivity index (χ3n) is 3.31. The Kier molecular flexibility index (Phi) is 5.41. The molecule has 7 heteroatoms. The largest absolute Gasteiger partial charge is 0.479 e. The Bertz CT molecular complexity index is 517. The molecule has 3 N–H and O–H groups in total. The number of ether oxygens (including phenoxy) is 1. The zero-order valence-electron chi connectivity index (χ0n) is 11.3. The van der Waals surface area contributed by atoms with Crippen LogP contribution in [0.3, 0.4) is 0 Å². The highest BCUT2D eigenvalue weighted by molar-refractivity contribution is 6.31. The molecule has 2 amide bonds. The van der Waals surface area contributed by atoms with Gasteiger partial charge in [-0.05, 0) is 12.5 Å². The second-order valence-electron chi connectivity index (χ2n) is 4.88. The van der Waals surface area contributed by atoms with E-state index in [0.29, 0.717) is 30.3 Å². The summed E-state index contributed by atoms with van der Waals surface area (Å²) in [6, 6.07) is 4.82. The Hall–Kier alpha value is -1.79. The molecule has 1 fully saturated rings. The molecule has 0 spiro atoms. The van der Waals surface area contributed by atoms with Crippen molar-refractivity contribution in [3.63, 3.8) is 0 Å². The molecule has 1 aromatic rings. The monoisotopic (exact) mass is 312 g/mol. The zero-order chi connectivity index (χ0) is 15.2. The number of halogens is 1. The molecule has 0 aromatic heterocycles. The molecule has 2 atom stereocenters. The van der Waals surface area contributed by atoms with Crippen LogP contribution in [0.5, 0.6) is 0 Å². The number of rotatable bonds is 5. The molecule has 1 heterocycles. The quantitative estimate of drug-likeness (QED) is 0.773. The summed E-state index contributed by atoms with van der Waals surface area (Å²) < 4.78 is 5.21. The SMILES string of the molecule is O=C(NCC1CCOC1)N[C@@H](C(=O)O)c1ccccc1Cl. The molecule has 0 radical (unpaired) electrons. The van der Waals surface area contributed by atoms with E-state index in [1.807, 2.05) is 0 Å². The Balaban J connectivity index is 1.94. The van der Waals surface area contributed by atoms with Crippen LogP contribution in [0.1, 0.15) is 18.0 Å². The van der Waals surface area contributed by atoms with Crippen molar-refractivity contribution in [2.24, 2.45) is 5.92 Å². The average Bonchev–Trinajstić information content (AvgIpc) is 2.96. The van der Waals surface area contributed by atoms with Gasteiger partial charge in [0.05, 0.1) is 6.61 Å². The fraction of sp³-hybridized carbons (Fsp3) is 0.429. The van der Waals surface area contributed by atoms with Gasteiger partial charge in [0, 0.05) is 29.7 Å². The maximum Gasteiger partial charge on any atom is 0.331 e. The van der Waals surface area contributed by atoms with Gasteiger partial charge in [-0.3, -0.25) is 0 Å². The molecular weight excluding hydrogens is 296 g/mol. The highest BCUT2D eigenvalue weighted by atomic mass is 35.5. The van der Waals surface area contributed by atoms with Gasteiger partial charge in [0.2, 0.25) is 0 Å². The summed E-state index contributed by atoms with van der Waals surface area (Å²) in [5.74, 6) is -0.887. The molecule has 0 bridgehead atoms. The van der Waals surface area contributed by atoms with E-state index in [2.05, 4.69) is 10.6 Å². The molecular formula is C14H17ClN2O4. The first kappa shape index (κ1) is 15.6. The Morgan fingerprint density at radius 2 is 2.19 bits per heavy atom. The third-order valence-corrected chi connectivity index (χ3v) is 3.66. The zero-order valence-corrected chi connectivity index (χ0v) is 12.1. The molecule has 0 aliphatic carbocycles. The summed E-state index contributed by atoms with van der Waals surface area (Å²) >= 11 is 5.98. The van der Waals surface area contributed by atoms with E-state index in [9.17, 15) is 14.7 Å². The molecule has 1 aliphatic heterocycles. The topological polar surface area (TPSA) is 87.7 Å². The number of carboxylic acid groups (broad SMARTS) is 1. The van der Waals surface area contributed by atoms with Crippen molar-refractivity contribution in [3.8, 4) is 0 Å². The summed E-state index contributed by atoms with van der Waals surface area (Å²) in [7, 11) is 0. The van der Waals surface area contributed by atoms with E-state index in [0.717, 1.165) is 6.42 Å². The minimum Gasteiger partial charge on any atom is -0.479 e. The summed E-state index contributed by atoms with van der Waals surface area (Å²) in [6.07, 6.45) is 0.896. The van der Waals surface area contributed by atoms with Crippen molar-refractivity contribution in [3.05, 3.63) is 34.9 Å². The van der Waals surface area contributed by atoms with Crippen LogP contribution in [0, 0.1) is 5.92 Å². The molecule has 6 nitrogen and oxygen atoms in total. The van der Waals surface area contributed by atoms with Crippen LogP contribution in [0.4, 0.5) is 4.79 Å². The van der Waals surface area contributed by atoms with Crippen molar-refractivity contribution < 1.29 is 19.4 Å². The van der Waals surface area contributed by atoms with Crippen LogP contribution in [0.2, 0.25) is 5.02 Å². The van der Waals surface area contributed by atoms with Gasteiger partial charge in [0.25, 0.3) is 0 Å². The number of hydrogen-bond acceptors (Lipinski definition) is 3. The van der Waals surface area contributed by atoms with Gasteiger partial charge in [0.15, 0.2) is 6.04 Å². The first-order valence-electron chi connectivity index (χ1n) is 6.67. The molecule has 1 aliphatic rings. The van der Waals surface area contributed by atoms with Crippen molar-refractivity contribution in [2.45, 2.75) is 12.5 Å². The number of urea groups is 1. The second kappa shape index (κ2) is 7.28. The first-order valence-corrected chi connectivity index (χ1v) is 7.05. The van der Waals surface area contributed by atoms with E-state index in [-0.39, 0.29) is 5.92 Å². The number of carboxylic acids is 1. The molecule has 0 saturated carbocycles. The van der Waals surface area contributed by atoms with Crippen molar-refractivity contribution in [1.82, 2.24) is 10.6 Å². The molecule has 1 saturated heterocycles. The standard InChI is InChI=1S/C14H17ClN2O4/c15-11-4-2-1-3-10(11)12(13(18)19)17-14(20)16-7-9-5-6-21-8-9/h1-4,9,12H,5-8H2,(H,18,19)(H2,16,17,20)/t9?,12-/m1/s1. The first-order chi connectivity index (χ1) is 10.1. The summed E-state index contributed by atoms with van der Waals surface area (Å²) in [4.78, 5) is 23.2. The van der Waals surface area contributed by atoms with Gasteiger partial charge >= 0.3 is 12.0 Å². The van der Waals surface area contributed by atoms with Crippen LogP contribution in [-0.4, -0.2) is 36.9 Å². The molecule has 1 unspecified atom stereocenters. The number of aliphatic carboxylic acids is 1. The molecule has 21 heavy (non-hydrogen) atoms. The lowest BCUT2D eigenvalue weighted by molar-refractivity contribution is -0.139. The fourth-order valence-corrected chi connectivity index (χ4v) is 2.39. The normalized spacial score (nSPS) is 19.0. The van der Waals surface area contributed by atoms with Crippen LogP contribution >= 0.6 is 11.6 Å². The summed E-state index contributed by atoms with van der Waals surface area (Å²) in [6.45, 7) is 1.78. The van der Waals surface area contributed by atoms with Gasteiger partial charge < -0.3 is 20.5 Å². The maximum absolute atomic E-state index is 11.8. The molecule has 114 valence electrons. The number of hydrogen-bond donors (Lipinski definition) is 3. The van der Waals surface area contributed by atoms with Gasteiger partial charge in [-0.15, -0.1) is 0 Å². The predicted molar refractivity (Wildman–Crippen MR) is 77.3 cm³/mol. The number of carbonyl (C=O) groups is 2. The highest BCUT2D eigenvalue weighted by Crippen LogP contribution is 2.22. The minimum atomic E-state index is -1.18. The number of benzene rings is 1. The lowest BCUT2D eigenvalue weighted by Gasteiger charge is -2.17. The van der Waals surface area contributed by atoms with E-state index < -0.39 is 18.0 Å². The lowest BCUT2D eigenvalue weighted by Crippen LogP contribution is -2.42. The van der Waals surface area contributed by atoms with Gasteiger partial charge in [0.1, 0.15) is 0 Å². The number of carbonyl (C=O) groups excluding carboxylic acids is 1. The lowest BCUT2D eigenvalue weighted by atomic mass is 10.1. The minimum absolute atomic E-state index is 0.277. The second-order valence-corrected chi connectivity index (χ2v) is 5.28. The average molecular weight is 313 g/mol. The molecule has 2 rings (SSSR count). The van der Waals surface area contributed by atoms with Crippen molar-refractivity contribution in [1.29, 1.82) is 0 Å². The van der Waals surface area contributed by atoms with E-state index >= 15 is 0 Å². The van der Waals surface area contributed by atoms with Gasteiger partial charge in [-0.25, -0.2) is 9.59 Å². The Morgan fingerprint density at radius 1 is 1.43 bits per heavy atom. The number of amides is 2. The van der Waals surface area contributed by atoms with Gasteiger partial charge in [-0.1, -0.05) is 29.8 Å².